The average molecular weight is 357 g/mol. The van der Waals surface area contributed by atoms with Crippen molar-refractivity contribution in [1.82, 2.24) is 19.7 Å². The first-order valence-electron chi connectivity index (χ1n) is 7.73. The average Bonchev–Trinajstić information content (AvgIpc) is 2.87. The molecule has 3 aromatic heterocycles. The maximum atomic E-state index is 12.1. The van der Waals surface area contributed by atoms with Crippen LogP contribution in [0.15, 0.2) is 41.3 Å². The van der Waals surface area contributed by atoms with Gasteiger partial charge in [-0.25, -0.2) is 4.98 Å². The molecule has 0 saturated heterocycles. The summed E-state index contributed by atoms with van der Waals surface area (Å²) in [6, 6.07) is 7.42. The second-order valence-electron chi connectivity index (χ2n) is 5.71. The number of aryl methyl sites for hydroxylation is 2. The van der Waals surface area contributed by atoms with Gasteiger partial charge in [-0.3, -0.25) is 14.0 Å². The van der Waals surface area contributed by atoms with Gasteiger partial charge in [-0.1, -0.05) is 17.7 Å². The maximum absolute atomic E-state index is 12.1. The smallest absolute Gasteiger partial charge is 0.253 e. The number of carbonyl (C=O) groups is 1. The number of carbonyl (C=O) groups excluding carboxylic acids is 1. The van der Waals surface area contributed by atoms with Crippen LogP contribution < -0.4 is 10.9 Å². The van der Waals surface area contributed by atoms with E-state index < -0.39 is 0 Å². The first kappa shape index (κ1) is 17.0. The summed E-state index contributed by atoms with van der Waals surface area (Å²) in [5.41, 5.74) is 3.31. The van der Waals surface area contributed by atoms with Crippen LogP contribution in [0.1, 0.15) is 22.5 Å². The number of halogens is 1. The maximum Gasteiger partial charge on any atom is 0.253 e. The van der Waals surface area contributed by atoms with E-state index in [1.807, 2.05) is 44.3 Å². The Labute approximate surface area is 149 Å². The Kier molecular flexibility index (Phi) is 4.72. The summed E-state index contributed by atoms with van der Waals surface area (Å²) in [7, 11) is 0. The monoisotopic (exact) mass is 356 g/mol. The molecule has 0 unspecified atom stereocenters. The molecule has 0 atom stereocenters. The Morgan fingerprint density at radius 2 is 2.20 bits per heavy atom. The van der Waals surface area contributed by atoms with Crippen LogP contribution in [0, 0.1) is 13.8 Å². The number of hydrogen-bond donors (Lipinski definition) is 2. The largest absolute Gasteiger partial charge is 0.348 e. The van der Waals surface area contributed by atoms with Crippen molar-refractivity contribution in [2.45, 2.75) is 20.4 Å². The molecule has 6 nitrogen and oxygen atoms in total. The Balaban J connectivity index is 1.74. The van der Waals surface area contributed by atoms with Crippen molar-refractivity contribution in [3.63, 3.8) is 0 Å². The van der Waals surface area contributed by atoms with Crippen LogP contribution >= 0.6 is 11.6 Å². The van der Waals surface area contributed by atoms with Gasteiger partial charge in [-0.15, -0.1) is 0 Å². The quantitative estimate of drug-likeness (QED) is 0.705. The van der Waals surface area contributed by atoms with Gasteiger partial charge in [0, 0.05) is 30.1 Å². The Morgan fingerprint density at radius 1 is 1.40 bits per heavy atom. The molecule has 0 aromatic carbocycles. The number of fused-ring (bicyclic) bond motifs is 1. The molecule has 2 N–H and O–H groups in total. The van der Waals surface area contributed by atoms with E-state index in [4.69, 9.17) is 11.6 Å². The van der Waals surface area contributed by atoms with Gasteiger partial charge in [0.15, 0.2) is 5.15 Å². The van der Waals surface area contributed by atoms with E-state index in [0.717, 1.165) is 11.3 Å². The number of aromatic nitrogens is 3. The van der Waals surface area contributed by atoms with Crippen molar-refractivity contribution < 1.29 is 4.79 Å². The third-order valence-electron chi connectivity index (χ3n) is 3.85. The van der Waals surface area contributed by atoms with E-state index in [1.165, 1.54) is 6.08 Å². The summed E-state index contributed by atoms with van der Waals surface area (Å²) in [5.74, 6) is -0.318. The lowest BCUT2D eigenvalue weighted by Gasteiger charge is -2.06. The summed E-state index contributed by atoms with van der Waals surface area (Å²) in [5, 5.41) is 3.03. The number of H-pyrrole nitrogens is 1. The molecule has 25 heavy (non-hydrogen) atoms. The molecule has 0 saturated carbocycles. The lowest BCUT2D eigenvalue weighted by molar-refractivity contribution is -0.116. The minimum Gasteiger partial charge on any atom is -0.348 e. The van der Waals surface area contributed by atoms with Crippen LogP contribution in [0.2, 0.25) is 5.15 Å². The summed E-state index contributed by atoms with van der Waals surface area (Å²) >= 11 is 6.12. The van der Waals surface area contributed by atoms with Gasteiger partial charge < -0.3 is 10.3 Å². The standard InChI is InChI=1S/C18H17ClN4O2/c1-11-9-12(2)21-18(25)13(11)10-20-16(24)7-6-14-17(19)22-15-5-3-4-8-23(14)15/h3-9H,10H2,1-2H3,(H,20,24)(H,21,25)/b7-6+. The number of hydrogen-bond acceptors (Lipinski definition) is 3. The lowest BCUT2D eigenvalue weighted by Crippen LogP contribution is -2.26. The highest BCUT2D eigenvalue weighted by atomic mass is 35.5. The fourth-order valence-corrected chi connectivity index (χ4v) is 2.87. The molecule has 0 spiro atoms. The van der Waals surface area contributed by atoms with Gasteiger partial charge >= 0.3 is 0 Å². The topological polar surface area (TPSA) is 79.3 Å². The number of pyridine rings is 2. The van der Waals surface area contributed by atoms with Crippen LogP contribution in [0.5, 0.6) is 0 Å². The van der Waals surface area contributed by atoms with Crippen molar-refractivity contribution in [2.24, 2.45) is 0 Å². The molecule has 0 fully saturated rings. The fourth-order valence-electron chi connectivity index (χ4n) is 2.63. The van der Waals surface area contributed by atoms with Gasteiger partial charge in [-0.2, -0.15) is 0 Å². The molecule has 3 aromatic rings. The summed E-state index contributed by atoms with van der Waals surface area (Å²) in [4.78, 5) is 31.0. The van der Waals surface area contributed by atoms with E-state index in [2.05, 4.69) is 15.3 Å². The molecule has 3 rings (SSSR count). The Morgan fingerprint density at radius 3 is 2.96 bits per heavy atom. The third kappa shape index (κ3) is 3.64. The molecule has 128 valence electrons. The Bertz CT molecular complexity index is 1030. The number of nitrogens with one attached hydrogen (secondary N) is 2. The molecule has 7 heteroatoms. The predicted molar refractivity (Wildman–Crippen MR) is 97.6 cm³/mol. The van der Waals surface area contributed by atoms with Gasteiger partial charge in [0.2, 0.25) is 5.91 Å². The summed E-state index contributed by atoms with van der Waals surface area (Å²) < 4.78 is 1.79. The van der Waals surface area contributed by atoms with E-state index in [-0.39, 0.29) is 18.0 Å². The molecule has 0 bridgehead atoms. The van der Waals surface area contributed by atoms with E-state index in [0.29, 0.717) is 22.1 Å². The first-order valence-corrected chi connectivity index (χ1v) is 8.11. The summed E-state index contributed by atoms with van der Waals surface area (Å²) in [6.45, 7) is 3.82. The minimum atomic E-state index is -0.318. The van der Waals surface area contributed by atoms with Gasteiger partial charge in [0.25, 0.3) is 5.56 Å². The minimum absolute atomic E-state index is 0.158. The SMILES string of the molecule is Cc1cc(C)c(CNC(=O)/C=C/c2c(Cl)nc3ccccn23)c(=O)[nH]1. The number of nitrogens with zero attached hydrogens (tertiary/aromatic N) is 2. The molecular weight excluding hydrogens is 340 g/mol. The predicted octanol–water partition coefficient (Wildman–Crippen LogP) is 2.62. The zero-order valence-corrected chi connectivity index (χ0v) is 14.6. The van der Waals surface area contributed by atoms with Crippen molar-refractivity contribution in [1.29, 1.82) is 0 Å². The highest BCUT2D eigenvalue weighted by molar-refractivity contribution is 6.31. The fraction of sp³-hybridized carbons (Fsp3) is 0.167. The molecule has 3 heterocycles. The molecule has 1 amide bonds. The van der Waals surface area contributed by atoms with Crippen LogP contribution in [0.25, 0.3) is 11.7 Å². The van der Waals surface area contributed by atoms with Crippen molar-refractivity contribution in [3.8, 4) is 0 Å². The van der Waals surface area contributed by atoms with Gasteiger partial charge in [0.1, 0.15) is 5.65 Å². The van der Waals surface area contributed by atoms with Crippen LogP contribution in [0.4, 0.5) is 0 Å². The second kappa shape index (κ2) is 6.94. The molecular formula is C18H17ClN4O2. The van der Waals surface area contributed by atoms with Crippen LogP contribution in [-0.4, -0.2) is 20.3 Å². The van der Waals surface area contributed by atoms with Crippen LogP contribution in [-0.2, 0) is 11.3 Å². The lowest BCUT2D eigenvalue weighted by atomic mass is 10.1. The molecule has 0 radical (unpaired) electrons. The van der Waals surface area contributed by atoms with E-state index in [1.54, 1.807) is 10.5 Å². The summed E-state index contributed by atoms with van der Waals surface area (Å²) in [6.07, 6.45) is 4.80. The number of imidazole rings is 1. The first-order chi connectivity index (χ1) is 12.0. The highest BCUT2D eigenvalue weighted by Crippen LogP contribution is 2.18. The third-order valence-corrected chi connectivity index (χ3v) is 4.13. The Hall–Kier alpha value is -2.86. The van der Waals surface area contributed by atoms with Crippen LogP contribution in [0.3, 0.4) is 0 Å². The second-order valence-corrected chi connectivity index (χ2v) is 6.07. The molecule has 0 aliphatic heterocycles. The molecule has 0 aliphatic rings. The van der Waals surface area contributed by atoms with Crippen molar-refractivity contribution in [2.75, 3.05) is 0 Å². The number of rotatable bonds is 4. The zero-order chi connectivity index (χ0) is 18.0. The van der Waals surface area contributed by atoms with Crippen molar-refractivity contribution >= 4 is 29.2 Å². The van der Waals surface area contributed by atoms with E-state index in [9.17, 15) is 9.59 Å². The zero-order valence-electron chi connectivity index (χ0n) is 13.8. The normalized spacial score (nSPS) is 11.3. The number of aromatic amines is 1. The van der Waals surface area contributed by atoms with Gasteiger partial charge in [0.05, 0.1) is 5.69 Å². The molecule has 0 aliphatic carbocycles. The highest BCUT2D eigenvalue weighted by Gasteiger charge is 2.08. The van der Waals surface area contributed by atoms with Gasteiger partial charge in [-0.05, 0) is 43.7 Å². The van der Waals surface area contributed by atoms with Crippen molar-refractivity contribution in [3.05, 3.63) is 74.6 Å². The van der Waals surface area contributed by atoms with E-state index >= 15 is 0 Å². The number of amides is 1.